The molecule has 2 fully saturated rings. The van der Waals surface area contributed by atoms with Crippen LogP contribution < -0.4 is 21.1 Å². The molecule has 196 valence electrons. The van der Waals surface area contributed by atoms with Crippen LogP contribution >= 0.6 is 0 Å². The topological polar surface area (TPSA) is 69.6 Å². The van der Waals surface area contributed by atoms with Gasteiger partial charge >= 0.3 is 0 Å². The van der Waals surface area contributed by atoms with Crippen LogP contribution in [0.2, 0.25) is 0 Å². The highest BCUT2D eigenvalue weighted by atomic mass is 19.3. The van der Waals surface area contributed by atoms with Crippen molar-refractivity contribution >= 4 is 29.6 Å². The van der Waals surface area contributed by atoms with Gasteiger partial charge in [-0.2, -0.15) is 0 Å². The number of nitrogens with zero attached hydrogens (tertiary/aromatic N) is 3. The zero-order valence-corrected chi connectivity index (χ0v) is 21.9. The Morgan fingerprint density at radius 2 is 1.97 bits per heavy atom. The maximum atomic E-state index is 13.1. The standard InChI is InChI=1S/C28H39F2N5O/c1-6-20-18-31-26(34-27(36)22-16-28(29,30)17-22)15-21(20)9-10-23(7-2)32-25(8-3)33-24-11-13-35(14-12-24)19(4)5/h6-9,15,18-19,22,24,33H,2,10-14,16-17H2,1,3-5H3,(H,34,36)/b20-6-,21-9-,25-8+,32-23+. The summed E-state index contributed by atoms with van der Waals surface area (Å²) < 4.78 is 26.2. The Morgan fingerprint density at radius 3 is 2.53 bits per heavy atom. The van der Waals surface area contributed by atoms with E-state index in [9.17, 15) is 13.6 Å². The monoisotopic (exact) mass is 499 g/mol. The lowest BCUT2D eigenvalue weighted by Crippen LogP contribution is -2.44. The molecule has 36 heavy (non-hydrogen) atoms. The van der Waals surface area contributed by atoms with E-state index in [0.29, 0.717) is 24.3 Å². The highest BCUT2D eigenvalue weighted by Gasteiger charge is 2.48. The Hall–Kier alpha value is -2.87. The van der Waals surface area contributed by atoms with E-state index in [0.717, 1.165) is 47.9 Å². The fourth-order valence-corrected chi connectivity index (χ4v) is 4.54. The first kappa shape index (κ1) is 27.7. The number of aromatic nitrogens is 1. The van der Waals surface area contributed by atoms with Crippen LogP contribution in [0.4, 0.5) is 14.6 Å². The van der Waals surface area contributed by atoms with E-state index in [-0.39, 0.29) is 0 Å². The molecule has 1 amide bonds. The summed E-state index contributed by atoms with van der Waals surface area (Å²) in [6.45, 7) is 14.5. The molecule has 2 heterocycles. The van der Waals surface area contributed by atoms with E-state index in [4.69, 9.17) is 4.99 Å². The molecule has 8 heteroatoms. The number of hydrogen-bond donors (Lipinski definition) is 2. The van der Waals surface area contributed by atoms with Crippen LogP contribution in [0.25, 0.3) is 12.2 Å². The van der Waals surface area contributed by atoms with Crippen LogP contribution in [0.5, 0.6) is 0 Å². The molecule has 2 N–H and O–H groups in total. The lowest BCUT2D eigenvalue weighted by molar-refractivity contribution is -0.145. The number of anilines is 1. The normalized spacial score (nSPS) is 21.0. The molecular weight excluding hydrogens is 460 g/mol. The van der Waals surface area contributed by atoms with E-state index < -0.39 is 30.6 Å². The average Bonchev–Trinajstić information content (AvgIpc) is 2.84. The zero-order chi connectivity index (χ0) is 26.3. The van der Waals surface area contributed by atoms with Gasteiger partial charge in [0.1, 0.15) is 11.6 Å². The molecule has 0 atom stereocenters. The number of aliphatic imine (C=N–C) groups is 1. The van der Waals surface area contributed by atoms with Crippen molar-refractivity contribution in [3.05, 3.63) is 47.3 Å². The summed E-state index contributed by atoms with van der Waals surface area (Å²) in [6.07, 6.45) is 11.2. The van der Waals surface area contributed by atoms with Gasteiger partial charge in [-0.15, -0.1) is 0 Å². The third-order valence-electron chi connectivity index (χ3n) is 6.91. The number of pyridine rings is 1. The first-order chi connectivity index (χ1) is 17.1. The SMILES string of the molecule is C=C/C(C/C=c1/cc(NC(=O)C2CC(F)(F)C2)nc/c1=C/C)=N\C(=C/C)NC1CCN(C(C)C)CC1. The number of carbonyl (C=O) groups excluding carboxylic acids is 1. The molecule has 1 aromatic rings. The molecule has 6 nitrogen and oxygen atoms in total. The van der Waals surface area contributed by atoms with Crippen molar-refractivity contribution in [3.63, 3.8) is 0 Å². The quantitative estimate of drug-likeness (QED) is 0.504. The average molecular weight is 500 g/mol. The van der Waals surface area contributed by atoms with Crippen molar-refractivity contribution < 1.29 is 13.6 Å². The molecule has 0 aromatic carbocycles. The Labute approximate surface area is 213 Å². The summed E-state index contributed by atoms with van der Waals surface area (Å²) in [5.74, 6) is -2.63. The molecule has 1 aromatic heterocycles. The molecule has 1 aliphatic heterocycles. The molecule has 0 unspecified atom stereocenters. The number of nitrogens with one attached hydrogen (secondary N) is 2. The Morgan fingerprint density at radius 1 is 1.28 bits per heavy atom. The van der Waals surface area contributed by atoms with Crippen molar-refractivity contribution in [1.29, 1.82) is 0 Å². The predicted octanol–water partition coefficient (Wildman–Crippen LogP) is 3.99. The molecule has 1 saturated carbocycles. The highest BCUT2D eigenvalue weighted by Crippen LogP contribution is 2.42. The number of hydrogen-bond acceptors (Lipinski definition) is 5. The number of likely N-dealkylation sites (tertiary alicyclic amines) is 1. The first-order valence-electron chi connectivity index (χ1n) is 12.8. The van der Waals surface area contributed by atoms with Crippen molar-refractivity contribution in [1.82, 2.24) is 15.2 Å². The number of piperidine rings is 1. The van der Waals surface area contributed by atoms with Crippen LogP contribution in [0.3, 0.4) is 0 Å². The maximum absolute atomic E-state index is 13.1. The van der Waals surface area contributed by atoms with E-state index in [1.165, 1.54) is 0 Å². The highest BCUT2D eigenvalue weighted by molar-refractivity contribution is 5.98. The maximum Gasteiger partial charge on any atom is 0.249 e. The third-order valence-corrected chi connectivity index (χ3v) is 6.91. The second kappa shape index (κ2) is 12.4. The number of rotatable bonds is 9. The molecule has 3 rings (SSSR count). The Kier molecular flexibility index (Phi) is 9.54. The van der Waals surface area contributed by atoms with E-state index in [1.54, 1.807) is 18.3 Å². The van der Waals surface area contributed by atoms with Crippen molar-refractivity contribution in [2.75, 3.05) is 18.4 Å². The minimum Gasteiger partial charge on any atom is -0.368 e. The van der Waals surface area contributed by atoms with Crippen LogP contribution in [0, 0.1) is 5.92 Å². The summed E-state index contributed by atoms with van der Waals surface area (Å²) in [6, 6.07) is 2.73. The second-order valence-electron chi connectivity index (χ2n) is 9.88. The zero-order valence-electron chi connectivity index (χ0n) is 21.9. The predicted molar refractivity (Wildman–Crippen MR) is 143 cm³/mol. The number of amides is 1. The molecule has 1 aliphatic carbocycles. The van der Waals surface area contributed by atoms with Gasteiger partial charge in [0.2, 0.25) is 11.8 Å². The molecule has 0 bridgehead atoms. The largest absolute Gasteiger partial charge is 0.368 e. The van der Waals surface area contributed by atoms with Crippen LogP contribution in [-0.4, -0.2) is 52.6 Å². The lowest BCUT2D eigenvalue weighted by atomic mass is 9.81. The molecule has 2 aliphatic rings. The van der Waals surface area contributed by atoms with Gasteiger partial charge in [0.15, 0.2) is 0 Å². The minimum absolute atomic E-state index is 0.354. The summed E-state index contributed by atoms with van der Waals surface area (Å²) in [5.41, 5.74) is 0.816. The van der Waals surface area contributed by atoms with Gasteiger partial charge in [-0.3, -0.25) is 4.79 Å². The first-order valence-corrected chi connectivity index (χ1v) is 12.8. The summed E-state index contributed by atoms with van der Waals surface area (Å²) in [4.78, 5) is 23.8. The Balaban J connectivity index is 1.67. The van der Waals surface area contributed by atoms with Crippen molar-refractivity contribution in [2.24, 2.45) is 10.9 Å². The molecule has 1 saturated heterocycles. The van der Waals surface area contributed by atoms with Crippen LogP contribution in [-0.2, 0) is 4.79 Å². The van der Waals surface area contributed by atoms with Gasteiger partial charge in [0.25, 0.3) is 0 Å². The molecule has 0 spiro atoms. The third kappa shape index (κ3) is 7.56. The van der Waals surface area contributed by atoms with Gasteiger partial charge < -0.3 is 15.5 Å². The van der Waals surface area contributed by atoms with Gasteiger partial charge in [-0.05, 0) is 69.2 Å². The summed E-state index contributed by atoms with van der Waals surface area (Å²) in [5, 5.41) is 8.05. The number of allylic oxidation sites excluding steroid dienone is 2. The van der Waals surface area contributed by atoms with Crippen molar-refractivity contribution in [2.45, 2.75) is 77.8 Å². The number of halogens is 2. The van der Waals surface area contributed by atoms with Gasteiger partial charge in [-0.25, -0.2) is 18.8 Å². The molecule has 0 radical (unpaired) electrons. The summed E-state index contributed by atoms with van der Waals surface area (Å²) in [7, 11) is 0. The lowest BCUT2D eigenvalue weighted by Gasteiger charge is -2.35. The number of alkyl halides is 2. The molecular formula is C28H39F2N5O. The smallest absolute Gasteiger partial charge is 0.249 e. The second-order valence-corrected chi connectivity index (χ2v) is 9.88. The van der Waals surface area contributed by atoms with Gasteiger partial charge in [0, 0.05) is 62.3 Å². The fourth-order valence-electron chi connectivity index (χ4n) is 4.54. The minimum atomic E-state index is -2.73. The van der Waals surface area contributed by atoms with E-state index in [1.807, 2.05) is 32.1 Å². The Bertz CT molecular complexity index is 1110. The van der Waals surface area contributed by atoms with Gasteiger partial charge in [0.05, 0.1) is 0 Å². The van der Waals surface area contributed by atoms with Crippen molar-refractivity contribution in [3.8, 4) is 0 Å². The summed E-state index contributed by atoms with van der Waals surface area (Å²) >= 11 is 0. The van der Waals surface area contributed by atoms with Crippen LogP contribution in [0.15, 0.2) is 41.8 Å². The fraction of sp³-hybridized carbons (Fsp3) is 0.536. The van der Waals surface area contributed by atoms with Crippen LogP contribution in [0.1, 0.15) is 59.8 Å². The number of carbonyl (C=O) groups is 1. The van der Waals surface area contributed by atoms with E-state index in [2.05, 4.69) is 40.9 Å². The van der Waals surface area contributed by atoms with E-state index >= 15 is 0 Å². The van der Waals surface area contributed by atoms with Gasteiger partial charge in [-0.1, -0.05) is 18.7 Å².